The van der Waals surface area contributed by atoms with Crippen molar-refractivity contribution in [3.63, 3.8) is 0 Å². The second-order valence-corrected chi connectivity index (χ2v) is 2.66. The molecule has 76 valence electrons. The molecule has 3 nitrogen and oxygen atoms in total. The molecular formula is C10H18O3. The highest BCUT2D eigenvalue weighted by Gasteiger charge is 1.93. The van der Waals surface area contributed by atoms with Gasteiger partial charge in [-0.3, -0.25) is 4.79 Å². The number of ether oxygens (including phenoxy) is 2. The smallest absolute Gasteiger partial charge is 0.189 e. The monoisotopic (exact) mass is 186 g/mol. The van der Waals surface area contributed by atoms with Gasteiger partial charge in [0.2, 0.25) is 0 Å². The minimum Gasteiger partial charge on any atom is -0.464 e. The highest BCUT2D eigenvalue weighted by atomic mass is 16.7. The number of aldehydes is 1. The highest BCUT2D eigenvalue weighted by molar-refractivity contribution is 5.69. The molecule has 0 aromatic heterocycles. The fourth-order valence-corrected chi connectivity index (χ4v) is 0.757. The second-order valence-electron chi connectivity index (χ2n) is 2.66. The molecule has 0 aromatic rings. The predicted octanol–water partition coefficient (Wildman–Crippen LogP) is 2.27. The molecule has 0 aliphatic heterocycles. The van der Waals surface area contributed by atoms with E-state index in [4.69, 9.17) is 9.47 Å². The van der Waals surface area contributed by atoms with E-state index in [-0.39, 0.29) is 6.79 Å². The first-order valence-corrected chi connectivity index (χ1v) is 4.71. The van der Waals surface area contributed by atoms with E-state index in [0.29, 0.717) is 18.7 Å². The molecule has 0 heterocycles. The Balaban J connectivity index is 3.39. The van der Waals surface area contributed by atoms with Crippen molar-refractivity contribution in [2.24, 2.45) is 0 Å². The van der Waals surface area contributed by atoms with Gasteiger partial charge in [0.15, 0.2) is 18.8 Å². The van der Waals surface area contributed by atoms with E-state index in [1.807, 2.05) is 6.92 Å². The van der Waals surface area contributed by atoms with Crippen LogP contribution in [0.4, 0.5) is 0 Å². The molecule has 0 atom stereocenters. The third kappa shape index (κ3) is 7.53. The van der Waals surface area contributed by atoms with E-state index in [9.17, 15) is 4.79 Å². The number of carbonyl (C=O) groups is 1. The maximum atomic E-state index is 10.4. The summed E-state index contributed by atoms with van der Waals surface area (Å²) in [6, 6.07) is 0. The van der Waals surface area contributed by atoms with Gasteiger partial charge in [0, 0.05) is 0 Å². The molecule has 0 aliphatic rings. The van der Waals surface area contributed by atoms with Gasteiger partial charge in [-0.05, 0) is 18.9 Å². The number of carbonyl (C=O) groups excluding carboxylic acids is 1. The molecule has 0 aliphatic carbocycles. The number of unbranched alkanes of at least 4 members (excludes halogenated alkanes) is 1. The van der Waals surface area contributed by atoms with E-state index in [2.05, 4.69) is 6.92 Å². The van der Waals surface area contributed by atoms with E-state index < -0.39 is 0 Å². The lowest BCUT2D eigenvalue weighted by Gasteiger charge is -2.05. The molecule has 0 unspecified atom stereocenters. The van der Waals surface area contributed by atoms with E-state index in [1.165, 1.54) is 0 Å². The average molecular weight is 186 g/mol. The summed E-state index contributed by atoms with van der Waals surface area (Å²) in [5.74, 6) is 0.360. The Kier molecular flexibility index (Phi) is 8.67. The lowest BCUT2D eigenvalue weighted by Crippen LogP contribution is -2.02. The molecule has 3 heteroatoms. The van der Waals surface area contributed by atoms with Crippen LogP contribution >= 0.6 is 0 Å². The van der Waals surface area contributed by atoms with Gasteiger partial charge >= 0.3 is 0 Å². The van der Waals surface area contributed by atoms with Crippen molar-refractivity contribution >= 4 is 6.29 Å². The molecule has 0 fully saturated rings. The first-order chi connectivity index (χ1) is 6.35. The van der Waals surface area contributed by atoms with Crippen LogP contribution in [-0.2, 0) is 14.3 Å². The molecule has 0 saturated heterocycles. The van der Waals surface area contributed by atoms with Crippen LogP contribution in [0.2, 0.25) is 0 Å². The van der Waals surface area contributed by atoms with Crippen molar-refractivity contribution in [3.8, 4) is 0 Å². The minimum atomic E-state index is 0.171. The van der Waals surface area contributed by atoms with Crippen LogP contribution < -0.4 is 0 Å². The fraction of sp³-hybridized carbons (Fsp3) is 0.700. The largest absolute Gasteiger partial charge is 0.464 e. The van der Waals surface area contributed by atoms with Crippen molar-refractivity contribution in [3.05, 3.63) is 11.8 Å². The Morgan fingerprint density at radius 3 is 2.69 bits per heavy atom. The molecule has 0 radical (unpaired) electrons. The maximum absolute atomic E-state index is 10.4. The van der Waals surface area contributed by atoms with Gasteiger partial charge in [-0.15, -0.1) is 0 Å². The first kappa shape index (κ1) is 12.2. The van der Waals surface area contributed by atoms with Gasteiger partial charge in [-0.25, -0.2) is 0 Å². The summed E-state index contributed by atoms with van der Waals surface area (Å²) in [6.07, 6.45) is 5.36. The van der Waals surface area contributed by atoms with E-state index in [1.54, 1.807) is 6.08 Å². The highest BCUT2D eigenvalue weighted by Crippen LogP contribution is 1.96. The molecular weight excluding hydrogens is 168 g/mol. The Bertz CT molecular complexity index is 152. The molecule has 0 rings (SSSR count). The summed E-state index contributed by atoms with van der Waals surface area (Å²) in [4.78, 5) is 10.4. The first-order valence-electron chi connectivity index (χ1n) is 4.71. The fourth-order valence-electron chi connectivity index (χ4n) is 0.757. The van der Waals surface area contributed by atoms with Crippen molar-refractivity contribution in [2.75, 3.05) is 13.4 Å². The molecule has 0 bridgehead atoms. The van der Waals surface area contributed by atoms with Gasteiger partial charge in [-0.1, -0.05) is 20.3 Å². The lowest BCUT2D eigenvalue weighted by atomic mass is 10.4. The predicted molar refractivity (Wildman–Crippen MR) is 51.3 cm³/mol. The lowest BCUT2D eigenvalue weighted by molar-refractivity contribution is -0.111. The number of hydrogen-bond acceptors (Lipinski definition) is 3. The van der Waals surface area contributed by atoms with Crippen molar-refractivity contribution in [2.45, 2.75) is 33.1 Å². The topological polar surface area (TPSA) is 35.5 Å². The normalized spacial score (nSPS) is 11.4. The van der Waals surface area contributed by atoms with Crippen molar-refractivity contribution in [1.82, 2.24) is 0 Å². The van der Waals surface area contributed by atoms with Crippen LogP contribution in [0.3, 0.4) is 0 Å². The van der Waals surface area contributed by atoms with E-state index in [0.717, 1.165) is 19.3 Å². The van der Waals surface area contributed by atoms with Crippen LogP contribution in [0.5, 0.6) is 0 Å². The summed E-state index contributed by atoms with van der Waals surface area (Å²) in [7, 11) is 0. The summed E-state index contributed by atoms with van der Waals surface area (Å²) in [6.45, 7) is 4.90. The summed E-state index contributed by atoms with van der Waals surface area (Å²) in [5, 5.41) is 0. The zero-order valence-corrected chi connectivity index (χ0v) is 8.41. The van der Waals surface area contributed by atoms with Crippen LogP contribution in [0.25, 0.3) is 0 Å². The quantitative estimate of drug-likeness (QED) is 0.192. The van der Waals surface area contributed by atoms with Gasteiger partial charge in [-0.2, -0.15) is 0 Å². The second kappa shape index (κ2) is 9.26. The SMILES string of the molecule is CC/C=C(\C=O)OCOCCCC. The average Bonchev–Trinajstić information content (AvgIpc) is 2.16. The molecule has 13 heavy (non-hydrogen) atoms. The van der Waals surface area contributed by atoms with Crippen LogP contribution in [-0.4, -0.2) is 19.7 Å². The summed E-state index contributed by atoms with van der Waals surface area (Å²) < 4.78 is 10.2. The third-order valence-corrected chi connectivity index (χ3v) is 1.47. The third-order valence-electron chi connectivity index (χ3n) is 1.47. The van der Waals surface area contributed by atoms with Gasteiger partial charge in [0.25, 0.3) is 0 Å². The summed E-state index contributed by atoms with van der Waals surface area (Å²) >= 11 is 0. The van der Waals surface area contributed by atoms with Crippen LogP contribution in [0, 0.1) is 0 Å². The van der Waals surface area contributed by atoms with Crippen molar-refractivity contribution < 1.29 is 14.3 Å². The zero-order valence-electron chi connectivity index (χ0n) is 8.41. The standard InChI is InChI=1S/C10H18O3/c1-3-5-7-12-9-13-10(8-11)6-4-2/h6,8H,3-5,7,9H2,1-2H3/b10-6+. The van der Waals surface area contributed by atoms with Crippen LogP contribution in [0.1, 0.15) is 33.1 Å². The molecule has 0 saturated carbocycles. The summed E-state index contributed by atoms with van der Waals surface area (Å²) in [5.41, 5.74) is 0. The molecule has 0 spiro atoms. The van der Waals surface area contributed by atoms with Gasteiger partial charge < -0.3 is 9.47 Å². The Hall–Kier alpha value is -0.830. The number of allylic oxidation sites excluding steroid dienone is 2. The van der Waals surface area contributed by atoms with Crippen molar-refractivity contribution in [1.29, 1.82) is 0 Å². The number of rotatable bonds is 8. The molecule has 0 aromatic carbocycles. The number of hydrogen-bond donors (Lipinski definition) is 0. The Morgan fingerprint density at radius 1 is 1.38 bits per heavy atom. The Labute approximate surface area is 79.7 Å². The van der Waals surface area contributed by atoms with E-state index >= 15 is 0 Å². The minimum absolute atomic E-state index is 0.171. The van der Waals surface area contributed by atoms with Gasteiger partial charge in [0.05, 0.1) is 6.61 Å². The zero-order chi connectivity index (χ0) is 9.94. The maximum Gasteiger partial charge on any atom is 0.189 e. The van der Waals surface area contributed by atoms with Gasteiger partial charge in [0.1, 0.15) is 0 Å². The Morgan fingerprint density at radius 2 is 2.15 bits per heavy atom. The van der Waals surface area contributed by atoms with Crippen LogP contribution in [0.15, 0.2) is 11.8 Å². The molecule has 0 amide bonds. The molecule has 0 N–H and O–H groups in total.